The average Bonchev–Trinajstić information content (AvgIpc) is 3.17. The van der Waals surface area contributed by atoms with E-state index in [4.69, 9.17) is 4.74 Å². The van der Waals surface area contributed by atoms with Crippen LogP contribution in [0.15, 0.2) is 53.4 Å². The molecule has 0 bridgehead atoms. The number of piperidine rings is 1. The molecule has 1 N–H and O–H groups in total. The van der Waals surface area contributed by atoms with Crippen LogP contribution in [0.3, 0.4) is 0 Å². The number of sulfonamides is 1. The molecule has 2 heterocycles. The van der Waals surface area contributed by atoms with Gasteiger partial charge in [-0.1, -0.05) is 37.1 Å². The minimum absolute atomic E-state index is 0.0896. The molecule has 2 saturated heterocycles. The van der Waals surface area contributed by atoms with Gasteiger partial charge in [0.05, 0.1) is 17.9 Å². The van der Waals surface area contributed by atoms with Crippen LogP contribution in [0.2, 0.25) is 0 Å². The van der Waals surface area contributed by atoms with Crippen molar-refractivity contribution in [3.8, 4) is 5.75 Å². The molecule has 4 rings (SSSR count). The summed E-state index contributed by atoms with van der Waals surface area (Å²) in [6, 6.07) is 14.8. The number of carbonyl (C=O) groups excluding carboxylic acids is 1. The van der Waals surface area contributed by atoms with Gasteiger partial charge in [-0.3, -0.25) is 9.69 Å². The summed E-state index contributed by atoms with van der Waals surface area (Å²) in [4.78, 5) is 15.6. The molecule has 0 spiro atoms. The van der Waals surface area contributed by atoms with Crippen molar-refractivity contribution in [2.45, 2.75) is 56.5 Å². The first-order chi connectivity index (χ1) is 17.0. The Balaban J connectivity index is 1.29. The molecular formula is C27H37N3O4S. The zero-order valence-electron chi connectivity index (χ0n) is 20.6. The summed E-state index contributed by atoms with van der Waals surface area (Å²) in [5.41, 5.74) is 2.35. The van der Waals surface area contributed by atoms with Gasteiger partial charge in [0.15, 0.2) is 0 Å². The third-order valence-electron chi connectivity index (χ3n) is 7.05. The summed E-state index contributed by atoms with van der Waals surface area (Å²) >= 11 is 0. The third-order valence-corrected chi connectivity index (χ3v) is 8.93. The number of hydrogen-bond donors (Lipinski definition) is 1. The lowest BCUT2D eigenvalue weighted by molar-refractivity contribution is -0.126. The molecule has 1 amide bonds. The Labute approximate surface area is 209 Å². The summed E-state index contributed by atoms with van der Waals surface area (Å²) in [6.07, 6.45) is 6.59. The van der Waals surface area contributed by atoms with Crippen molar-refractivity contribution in [1.29, 1.82) is 0 Å². The molecule has 8 heteroatoms. The fourth-order valence-electron chi connectivity index (χ4n) is 4.92. The lowest BCUT2D eigenvalue weighted by atomic mass is 9.98. The van der Waals surface area contributed by atoms with E-state index in [0.29, 0.717) is 31.7 Å². The highest BCUT2D eigenvalue weighted by Gasteiger charge is 2.33. The van der Waals surface area contributed by atoms with Crippen LogP contribution in [-0.4, -0.2) is 56.8 Å². The highest BCUT2D eigenvalue weighted by molar-refractivity contribution is 7.89. The Kier molecular flexibility index (Phi) is 8.81. The summed E-state index contributed by atoms with van der Waals surface area (Å²) in [6.45, 7) is 4.40. The second-order valence-corrected chi connectivity index (χ2v) is 11.5. The lowest BCUT2D eigenvalue weighted by Crippen LogP contribution is -2.45. The fraction of sp³-hybridized carbons (Fsp3) is 0.519. The van der Waals surface area contributed by atoms with Crippen molar-refractivity contribution < 1.29 is 17.9 Å². The molecule has 2 fully saturated rings. The number of likely N-dealkylation sites (tertiary alicyclic amines) is 1. The first-order valence-electron chi connectivity index (χ1n) is 12.7. The number of benzene rings is 2. The van der Waals surface area contributed by atoms with Crippen LogP contribution in [0.25, 0.3) is 0 Å². The van der Waals surface area contributed by atoms with Crippen molar-refractivity contribution in [2.75, 3.05) is 33.3 Å². The molecule has 2 aliphatic heterocycles. The van der Waals surface area contributed by atoms with Gasteiger partial charge in [-0.25, -0.2) is 8.42 Å². The Hall–Kier alpha value is -2.42. The number of nitrogens with zero attached hydrogens (tertiary/aromatic N) is 2. The highest BCUT2D eigenvalue weighted by atomic mass is 32.2. The van der Waals surface area contributed by atoms with Gasteiger partial charge in [-0.2, -0.15) is 4.31 Å². The normalized spacial score (nSPS) is 20.2. The number of methoxy groups -OCH3 is 1. The minimum atomic E-state index is -3.65. The van der Waals surface area contributed by atoms with Gasteiger partial charge in [0, 0.05) is 26.2 Å². The number of hydrogen-bond acceptors (Lipinski definition) is 5. The van der Waals surface area contributed by atoms with Gasteiger partial charge >= 0.3 is 0 Å². The molecule has 35 heavy (non-hydrogen) atoms. The maximum atomic E-state index is 13.1. The van der Waals surface area contributed by atoms with Gasteiger partial charge < -0.3 is 10.1 Å². The van der Waals surface area contributed by atoms with Gasteiger partial charge in [0.1, 0.15) is 5.75 Å². The van der Waals surface area contributed by atoms with E-state index in [0.717, 1.165) is 12.1 Å². The molecule has 7 nitrogen and oxygen atoms in total. The first kappa shape index (κ1) is 25.7. The Morgan fingerprint density at radius 1 is 0.914 bits per heavy atom. The number of rotatable bonds is 8. The highest BCUT2D eigenvalue weighted by Crippen LogP contribution is 2.25. The van der Waals surface area contributed by atoms with E-state index < -0.39 is 10.0 Å². The molecular weight excluding hydrogens is 462 g/mol. The van der Waals surface area contributed by atoms with Crippen LogP contribution in [0.1, 0.15) is 49.7 Å². The minimum Gasteiger partial charge on any atom is -0.497 e. The zero-order valence-corrected chi connectivity index (χ0v) is 21.4. The number of carbonyl (C=O) groups is 1. The zero-order chi connectivity index (χ0) is 24.7. The van der Waals surface area contributed by atoms with Crippen molar-refractivity contribution in [3.05, 3.63) is 59.7 Å². The fourth-order valence-corrected chi connectivity index (χ4v) is 6.44. The van der Waals surface area contributed by atoms with Gasteiger partial charge in [-0.05, 0) is 74.2 Å². The standard InChI is InChI=1S/C27H37N3O4S/c1-34-25-12-14-26(15-13-25)35(32,33)30-18-6-7-24(21-30)27(31)28-19-22-8-10-23(11-9-22)20-29-16-4-2-3-5-17-29/h8-15,24H,2-7,16-21H2,1H3,(H,28,31). The maximum absolute atomic E-state index is 13.1. The number of nitrogens with one attached hydrogen (secondary N) is 1. The molecule has 2 aliphatic rings. The van der Waals surface area contributed by atoms with Crippen LogP contribution in [0, 0.1) is 5.92 Å². The van der Waals surface area contributed by atoms with Crippen molar-refractivity contribution in [3.63, 3.8) is 0 Å². The quantitative estimate of drug-likeness (QED) is 0.598. The second-order valence-electron chi connectivity index (χ2n) is 9.60. The first-order valence-corrected chi connectivity index (χ1v) is 14.1. The second kappa shape index (κ2) is 12.0. The summed E-state index contributed by atoms with van der Waals surface area (Å²) in [7, 11) is -2.10. The Morgan fingerprint density at radius 3 is 2.23 bits per heavy atom. The SMILES string of the molecule is COc1ccc(S(=O)(=O)N2CCCC(C(=O)NCc3ccc(CN4CCCCCC4)cc3)C2)cc1. The summed E-state index contributed by atoms with van der Waals surface area (Å²) < 4.78 is 32.7. The number of ether oxygens (including phenoxy) is 1. The van der Waals surface area contributed by atoms with Crippen molar-refractivity contribution >= 4 is 15.9 Å². The molecule has 1 atom stereocenters. The van der Waals surface area contributed by atoms with Gasteiger partial charge in [0.2, 0.25) is 15.9 Å². The number of amides is 1. The lowest BCUT2D eigenvalue weighted by Gasteiger charge is -2.31. The molecule has 2 aromatic carbocycles. The Bertz CT molecular complexity index is 1060. The van der Waals surface area contributed by atoms with Gasteiger partial charge in [-0.15, -0.1) is 0 Å². The van der Waals surface area contributed by atoms with E-state index in [-0.39, 0.29) is 23.3 Å². The van der Waals surface area contributed by atoms with Crippen molar-refractivity contribution in [1.82, 2.24) is 14.5 Å². The predicted octanol–water partition coefficient (Wildman–Crippen LogP) is 3.79. The van der Waals surface area contributed by atoms with Crippen LogP contribution in [0.4, 0.5) is 0 Å². The van der Waals surface area contributed by atoms with Gasteiger partial charge in [0.25, 0.3) is 0 Å². The average molecular weight is 500 g/mol. The van der Waals surface area contributed by atoms with E-state index in [1.54, 1.807) is 31.4 Å². The molecule has 0 saturated carbocycles. The van der Waals surface area contributed by atoms with Crippen molar-refractivity contribution in [2.24, 2.45) is 5.92 Å². The van der Waals surface area contributed by atoms with Crippen LogP contribution >= 0.6 is 0 Å². The van der Waals surface area contributed by atoms with Crippen LogP contribution < -0.4 is 10.1 Å². The molecule has 190 valence electrons. The topological polar surface area (TPSA) is 79.0 Å². The maximum Gasteiger partial charge on any atom is 0.243 e. The monoisotopic (exact) mass is 499 g/mol. The molecule has 0 aliphatic carbocycles. The molecule has 2 aromatic rings. The predicted molar refractivity (Wildman–Crippen MR) is 137 cm³/mol. The third kappa shape index (κ3) is 6.84. The smallest absolute Gasteiger partial charge is 0.243 e. The molecule has 0 radical (unpaired) electrons. The largest absolute Gasteiger partial charge is 0.497 e. The van der Waals surface area contributed by atoms with Crippen LogP contribution in [0.5, 0.6) is 5.75 Å². The summed E-state index contributed by atoms with van der Waals surface area (Å²) in [5.74, 6) is 0.169. The van der Waals surface area contributed by atoms with E-state index >= 15 is 0 Å². The summed E-state index contributed by atoms with van der Waals surface area (Å²) in [5, 5.41) is 3.02. The Morgan fingerprint density at radius 2 is 1.57 bits per heavy atom. The van der Waals surface area contributed by atoms with E-state index in [1.807, 2.05) is 0 Å². The van der Waals surface area contributed by atoms with Crippen LogP contribution in [-0.2, 0) is 27.9 Å². The van der Waals surface area contributed by atoms with E-state index in [9.17, 15) is 13.2 Å². The van der Waals surface area contributed by atoms with E-state index in [1.165, 1.54) is 48.6 Å². The van der Waals surface area contributed by atoms with E-state index in [2.05, 4.69) is 34.5 Å². The molecule has 0 aromatic heterocycles. The molecule has 1 unspecified atom stereocenters.